The molecule has 8 heteroatoms. The third kappa shape index (κ3) is 5.86. The maximum absolute atomic E-state index is 13.7. The van der Waals surface area contributed by atoms with Gasteiger partial charge in [0, 0.05) is 24.4 Å². The predicted molar refractivity (Wildman–Crippen MR) is 131 cm³/mol. The zero-order chi connectivity index (χ0) is 25.2. The van der Waals surface area contributed by atoms with Gasteiger partial charge in [-0.3, -0.25) is 14.6 Å². The molecule has 1 aromatic carbocycles. The lowest BCUT2D eigenvalue weighted by molar-refractivity contribution is -0.124. The molecule has 2 aliphatic heterocycles. The van der Waals surface area contributed by atoms with Crippen molar-refractivity contribution in [2.75, 3.05) is 26.2 Å². The summed E-state index contributed by atoms with van der Waals surface area (Å²) in [6.07, 6.45) is 3.95. The van der Waals surface area contributed by atoms with Gasteiger partial charge < -0.3 is 13.9 Å². The number of carbonyl (C=O) groups excluding carboxylic acids is 3. The van der Waals surface area contributed by atoms with Gasteiger partial charge in [0.25, 0.3) is 0 Å². The molecule has 0 N–H and O–H groups in total. The number of piperidine rings is 1. The van der Waals surface area contributed by atoms with Crippen LogP contribution in [0.5, 0.6) is 0 Å². The number of likely N-dealkylation sites (tertiary alicyclic amines) is 2. The molecule has 2 fully saturated rings. The van der Waals surface area contributed by atoms with Crippen LogP contribution in [-0.4, -0.2) is 71.6 Å². The molecule has 0 aliphatic carbocycles. The second-order valence-electron chi connectivity index (χ2n) is 10.4. The Morgan fingerprint density at radius 1 is 1.06 bits per heavy atom. The van der Waals surface area contributed by atoms with E-state index in [-0.39, 0.29) is 30.6 Å². The molecular weight excluding hydrogens is 448 g/mol. The molecule has 0 spiro atoms. The first-order valence-electron chi connectivity index (χ1n) is 12.6. The SMILES string of the molecule is CCOC(=O)c1cc2cc(CC(=O)[C@@H]3[C@H](N4CCCCC4)CCN3C(=O)OC(C)(C)C)ccc2o1. The van der Waals surface area contributed by atoms with Crippen LogP contribution in [0.2, 0.25) is 0 Å². The Kier molecular flexibility index (Phi) is 7.50. The average molecular weight is 485 g/mol. The molecule has 0 bridgehead atoms. The molecule has 0 saturated carbocycles. The Balaban J connectivity index is 1.55. The van der Waals surface area contributed by atoms with Gasteiger partial charge in [-0.15, -0.1) is 0 Å². The van der Waals surface area contributed by atoms with E-state index in [0.29, 0.717) is 12.1 Å². The summed E-state index contributed by atoms with van der Waals surface area (Å²) in [6.45, 7) is 9.94. The summed E-state index contributed by atoms with van der Waals surface area (Å²) in [5, 5.41) is 0.737. The lowest BCUT2D eigenvalue weighted by Gasteiger charge is -2.37. The fourth-order valence-electron chi connectivity index (χ4n) is 5.13. The molecule has 2 aliphatic rings. The first-order chi connectivity index (χ1) is 16.7. The summed E-state index contributed by atoms with van der Waals surface area (Å²) in [5.41, 5.74) is 0.746. The zero-order valence-corrected chi connectivity index (χ0v) is 21.2. The quantitative estimate of drug-likeness (QED) is 0.554. The van der Waals surface area contributed by atoms with Crippen LogP contribution in [0, 0.1) is 0 Å². The van der Waals surface area contributed by atoms with E-state index in [9.17, 15) is 14.4 Å². The van der Waals surface area contributed by atoms with Gasteiger partial charge in [-0.25, -0.2) is 9.59 Å². The predicted octanol–water partition coefficient (Wildman–Crippen LogP) is 4.59. The summed E-state index contributed by atoms with van der Waals surface area (Å²) < 4.78 is 16.3. The highest BCUT2D eigenvalue weighted by Gasteiger charge is 2.45. The number of furan rings is 1. The molecule has 3 heterocycles. The Bertz CT molecular complexity index is 1080. The van der Waals surface area contributed by atoms with Crippen molar-refractivity contribution in [1.29, 1.82) is 0 Å². The number of hydrogen-bond acceptors (Lipinski definition) is 7. The van der Waals surface area contributed by atoms with Gasteiger partial charge in [-0.2, -0.15) is 0 Å². The Hall–Kier alpha value is -2.87. The van der Waals surface area contributed by atoms with Crippen LogP contribution in [0.25, 0.3) is 11.0 Å². The van der Waals surface area contributed by atoms with E-state index in [2.05, 4.69) is 4.90 Å². The average Bonchev–Trinajstić information content (AvgIpc) is 3.43. The van der Waals surface area contributed by atoms with E-state index in [1.165, 1.54) is 6.42 Å². The molecule has 2 aromatic rings. The van der Waals surface area contributed by atoms with E-state index in [1.807, 2.05) is 32.9 Å². The summed E-state index contributed by atoms with van der Waals surface area (Å²) >= 11 is 0. The van der Waals surface area contributed by atoms with E-state index in [1.54, 1.807) is 24.0 Å². The number of amides is 1. The van der Waals surface area contributed by atoms with Crippen molar-refractivity contribution in [2.45, 2.75) is 77.5 Å². The lowest BCUT2D eigenvalue weighted by Crippen LogP contribution is -2.53. The fraction of sp³-hybridized carbons (Fsp3) is 0.593. The van der Waals surface area contributed by atoms with E-state index < -0.39 is 23.7 Å². The van der Waals surface area contributed by atoms with Crippen LogP contribution < -0.4 is 0 Å². The second-order valence-corrected chi connectivity index (χ2v) is 10.4. The summed E-state index contributed by atoms with van der Waals surface area (Å²) in [6, 6.07) is 6.56. The van der Waals surface area contributed by atoms with Crippen molar-refractivity contribution in [1.82, 2.24) is 9.80 Å². The largest absolute Gasteiger partial charge is 0.460 e. The molecular formula is C27H36N2O6. The fourth-order valence-corrected chi connectivity index (χ4v) is 5.13. The highest BCUT2D eigenvalue weighted by molar-refractivity contribution is 5.94. The maximum Gasteiger partial charge on any atom is 0.410 e. The van der Waals surface area contributed by atoms with Crippen LogP contribution in [0.3, 0.4) is 0 Å². The molecule has 190 valence electrons. The van der Waals surface area contributed by atoms with Crippen molar-refractivity contribution in [2.24, 2.45) is 0 Å². The van der Waals surface area contributed by atoms with Crippen LogP contribution in [0.15, 0.2) is 28.7 Å². The van der Waals surface area contributed by atoms with Crippen molar-refractivity contribution < 1.29 is 28.3 Å². The summed E-state index contributed by atoms with van der Waals surface area (Å²) in [4.78, 5) is 42.8. The number of rotatable bonds is 6. The molecule has 1 amide bonds. The van der Waals surface area contributed by atoms with Crippen LogP contribution >= 0.6 is 0 Å². The normalized spacial score (nSPS) is 21.3. The molecule has 0 unspecified atom stereocenters. The minimum absolute atomic E-state index is 0.00241. The van der Waals surface area contributed by atoms with Gasteiger partial charge in [0.2, 0.25) is 5.76 Å². The first-order valence-corrected chi connectivity index (χ1v) is 12.6. The van der Waals surface area contributed by atoms with Gasteiger partial charge in [0.15, 0.2) is 5.78 Å². The molecule has 1 aromatic heterocycles. The van der Waals surface area contributed by atoms with E-state index >= 15 is 0 Å². The Morgan fingerprint density at radius 3 is 2.49 bits per heavy atom. The third-order valence-corrected chi connectivity index (χ3v) is 6.62. The molecule has 8 nitrogen and oxygen atoms in total. The van der Waals surface area contributed by atoms with Gasteiger partial charge in [0.1, 0.15) is 17.2 Å². The van der Waals surface area contributed by atoms with Gasteiger partial charge >= 0.3 is 12.1 Å². The van der Waals surface area contributed by atoms with Crippen LogP contribution in [0.1, 0.15) is 69.5 Å². The van der Waals surface area contributed by atoms with E-state index in [0.717, 1.165) is 43.3 Å². The standard InChI is InChI=1S/C27H36N2O6/c1-5-33-25(31)23-17-19-15-18(9-10-22(19)34-23)16-21(30)24-20(28-12-7-6-8-13-28)11-14-29(24)26(32)35-27(2,3)4/h9-10,15,17,20,24H,5-8,11-14,16H2,1-4H3/t20-,24+/m1/s1. The lowest BCUT2D eigenvalue weighted by atomic mass is 9.95. The number of Topliss-reactive ketones (excluding diaryl/α,β-unsaturated/α-hetero) is 1. The van der Waals surface area contributed by atoms with Gasteiger partial charge in [0.05, 0.1) is 6.61 Å². The van der Waals surface area contributed by atoms with Crippen molar-refractivity contribution in [3.05, 3.63) is 35.6 Å². The number of carbonyl (C=O) groups is 3. The van der Waals surface area contributed by atoms with Crippen molar-refractivity contribution >= 4 is 28.8 Å². The number of nitrogens with zero attached hydrogens (tertiary/aromatic N) is 2. The minimum atomic E-state index is -0.628. The first kappa shape index (κ1) is 25.2. The highest BCUT2D eigenvalue weighted by atomic mass is 16.6. The minimum Gasteiger partial charge on any atom is -0.460 e. The summed E-state index contributed by atoms with van der Waals surface area (Å²) in [5.74, 6) is -0.371. The number of ketones is 1. The number of esters is 1. The molecule has 2 atom stereocenters. The zero-order valence-electron chi connectivity index (χ0n) is 21.2. The monoisotopic (exact) mass is 484 g/mol. The number of hydrogen-bond donors (Lipinski definition) is 0. The highest BCUT2D eigenvalue weighted by Crippen LogP contribution is 2.30. The third-order valence-electron chi connectivity index (χ3n) is 6.62. The number of fused-ring (bicyclic) bond motifs is 1. The Labute approximate surface area is 206 Å². The number of benzene rings is 1. The van der Waals surface area contributed by atoms with Crippen LogP contribution in [0.4, 0.5) is 4.79 Å². The van der Waals surface area contributed by atoms with Crippen molar-refractivity contribution in [3.63, 3.8) is 0 Å². The summed E-state index contributed by atoms with van der Waals surface area (Å²) in [7, 11) is 0. The topological polar surface area (TPSA) is 89.3 Å². The van der Waals surface area contributed by atoms with Gasteiger partial charge in [-0.1, -0.05) is 12.5 Å². The Morgan fingerprint density at radius 2 is 1.80 bits per heavy atom. The van der Waals surface area contributed by atoms with E-state index in [4.69, 9.17) is 13.9 Å². The smallest absolute Gasteiger partial charge is 0.410 e. The molecule has 4 rings (SSSR count). The van der Waals surface area contributed by atoms with Crippen LogP contribution in [-0.2, 0) is 20.7 Å². The molecule has 35 heavy (non-hydrogen) atoms. The maximum atomic E-state index is 13.7. The van der Waals surface area contributed by atoms with Crippen molar-refractivity contribution in [3.8, 4) is 0 Å². The van der Waals surface area contributed by atoms with Gasteiger partial charge in [-0.05, 0) is 83.8 Å². The molecule has 0 radical (unpaired) electrons. The second kappa shape index (κ2) is 10.4. The molecule has 2 saturated heterocycles. The number of ether oxygens (including phenoxy) is 2.